The van der Waals surface area contributed by atoms with Crippen LogP contribution in [0.15, 0.2) is 18.2 Å². The number of carboxylic acids is 1. The van der Waals surface area contributed by atoms with Gasteiger partial charge in [0.05, 0.1) is 10.9 Å². The zero-order chi connectivity index (χ0) is 11.9. The smallest absolute Gasteiger partial charge is 0.343 e. The van der Waals surface area contributed by atoms with Crippen molar-refractivity contribution in [2.24, 2.45) is 0 Å². The fraction of sp³-hybridized carbons (Fsp3) is 0. The van der Waals surface area contributed by atoms with Gasteiger partial charge in [-0.2, -0.15) is 4.39 Å². The molecule has 3 nitrogen and oxygen atoms in total. The number of benzene rings is 1. The average Bonchev–Trinajstić information content (AvgIpc) is 2.15. The van der Waals surface area contributed by atoms with Crippen LogP contribution in [0.4, 0.5) is 13.2 Å². The number of nitrogens with zero attached hydrogens (tertiary/aromatic N) is 1. The van der Waals surface area contributed by atoms with Crippen molar-refractivity contribution in [3.8, 4) is 0 Å². The molecule has 1 aromatic heterocycles. The summed E-state index contributed by atoms with van der Waals surface area (Å²) >= 11 is 0. The van der Waals surface area contributed by atoms with E-state index in [1.807, 2.05) is 0 Å². The Morgan fingerprint density at radius 2 is 1.94 bits per heavy atom. The van der Waals surface area contributed by atoms with Crippen LogP contribution in [0.3, 0.4) is 0 Å². The summed E-state index contributed by atoms with van der Waals surface area (Å²) in [6.07, 6.45) is 0. The highest BCUT2D eigenvalue weighted by molar-refractivity contribution is 5.93. The summed E-state index contributed by atoms with van der Waals surface area (Å²) < 4.78 is 39.9. The first-order valence-corrected chi connectivity index (χ1v) is 4.19. The first-order valence-electron chi connectivity index (χ1n) is 4.19. The van der Waals surface area contributed by atoms with E-state index >= 15 is 0 Å². The minimum absolute atomic E-state index is 0.264. The summed E-state index contributed by atoms with van der Waals surface area (Å²) in [5, 5.41) is 7.93. The van der Waals surface area contributed by atoms with Gasteiger partial charge in [0.15, 0.2) is 11.4 Å². The van der Waals surface area contributed by atoms with Gasteiger partial charge in [-0.05, 0) is 12.1 Å². The van der Waals surface area contributed by atoms with Crippen molar-refractivity contribution in [2.75, 3.05) is 0 Å². The fourth-order valence-electron chi connectivity index (χ4n) is 1.38. The van der Waals surface area contributed by atoms with Gasteiger partial charge in [0, 0.05) is 0 Å². The number of hydrogen-bond donors (Lipinski definition) is 1. The molecule has 6 heteroatoms. The van der Waals surface area contributed by atoms with E-state index in [1.54, 1.807) is 0 Å². The molecule has 2 aromatic rings. The van der Waals surface area contributed by atoms with Gasteiger partial charge in [0.2, 0.25) is 5.95 Å². The molecule has 0 aliphatic rings. The molecule has 0 aliphatic carbocycles. The topological polar surface area (TPSA) is 50.2 Å². The molecule has 1 heterocycles. The lowest BCUT2D eigenvalue weighted by molar-refractivity contribution is 0.0686. The van der Waals surface area contributed by atoms with Crippen LogP contribution in [0.25, 0.3) is 10.9 Å². The standard InChI is InChI=1S/C10H4F3NO2/c11-4-2-1-3-5-6(4)8(12)7(10(15)16)9(13)14-5/h1-3H,(H,15,16). The van der Waals surface area contributed by atoms with E-state index < -0.39 is 34.5 Å². The maximum atomic E-state index is 13.5. The summed E-state index contributed by atoms with van der Waals surface area (Å²) in [6.45, 7) is 0. The van der Waals surface area contributed by atoms with Crippen molar-refractivity contribution in [3.63, 3.8) is 0 Å². The second-order valence-corrected chi connectivity index (χ2v) is 3.03. The molecule has 0 aliphatic heterocycles. The average molecular weight is 227 g/mol. The third-order valence-corrected chi connectivity index (χ3v) is 2.07. The Bertz CT molecular complexity index is 598. The molecular weight excluding hydrogens is 223 g/mol. The maximum absolute atomic E-state index is 13.5. The number of carboxylic acid groups (broad SMARTS) is 1. The third-order valence-electron chi connectivity index (χ3n) is 2.07. The van der Waals surface area contributed by atoms with E-state index in [-0.39, 0.29) is 5.52 Å². The van der Waals surface area contributed by atoms with Gasteiger partial charge >= 0.3 is 5.97 Å². The zero-order valence-electron chi connectivity index (χ0n) is 7.67. The van der Waals surface area contributed by atoms with Crippen molar-refractivity contribution >= 4 is 16.9 Å². The number of rotatable bonds is 1. The van der Waals surface area contributed by atoms with Crippen LogP contribution in [-0.4, -0.2) is 16.1 Å². The number of aromatic nitrogens is 1. The van der Waals surface area contributed by atoms with Crippen LogP contribution in [-0.2, 0) is 0 Å². The highest BCUT2D eigenvalue weighted by Gasteiger charge is 2.22. The normalized spacial score (nSPS) is 10.7. The molecule has 16 heavy (non-hydrogen) atoms. The predicted molar refractivity (Wildman–Crippen MR) is 48.6 cm³/mol. The Kier molecular flexibility index (Phi) is 2.26. The van der Waals surface area contributed by atoms with Crippen molar-refractivity contribution in [2.45, 2.75) is 0 Å². The zero-order valence-corrected chi connectivity index (χ0v) is 7.67. The second-order valence-electron chi connectivity index (χ2n) is 3.03. The van der Waals surface area contributed by atoms with Crippen molar-refractivity contribution in [1.29, 1.82) is 0 Å². The van der Waals surface area contributed by atoms with Crippen LogP contribution < -0.4 is 0 Å². The minimum atomic E-state index is -1.83. The highest BCUT2D eigenvalue weighted by atomic mass is 19.1. The fourth-order valence-corrected chi connectivity index (χ4v) is 1.38. The second kappa shape index (κ2) is 3.48. The van der Waals surface area contributed by atoms with Gasteiger partial charge in [-0.3, -0.25) is 0 Å². The quantitative estimate of drug-likeness (QED) is 0.760. The number of pyridine rings is 1. The Balaban J connectivity index is 2.96. The Morgan fingerprint density at radius 3 is 2.56 bits per heavy atom. The van der Waals surface area contributed by atoms with E-state index in [2.05, 4.69) is 4.98 Å². The molecule has 1 aromatic carbocycles. The Morgan fingerprint density at radius 1 is 1.25 bits per heavy atom. The van der Waals surface area contributed by atoms with Gasteiger partial charge in [0.1, 0.15) is 5.82 Å². The maximum Gasteiger partial charge on any atom is 0.343 e. The van der Waals surface area contributed by atoms with Gasteiger partial charge in [0.25, 0.3) is 0 Å². The molecule has 0 saturated heterocycles. The number of carbonyl (C=O) groups is 1. The van der Waals surface area contributed by atoms with Crippen LogP contribution in [0.5, 0.6) is 0 Å². The van der Waals surface area contributed by atoms with Crippen molar-refractivity contribution < 1.29 is 23.1 Å². The molecule has 0 bridgehead atoms. The summed E-state index contributed by atoms with van der Waals surface area (Å²) in [7, 11) is 0. The van der Waals surface area contributed by atoms with E-state index in [4.69, 9.17) is 5.11 Å². The molecule has 0 saturated carbocycles. The van der Waals surface area contributed by atoms with Gasteiger partial charge in [-0.15, -0.1) is 0 Å². The molecule has 0 unspecified atom stereocenters. The number of hydrogen-bond acceptors (Lipinski definition) is 2. The van der Waals surface area contributed by atoms with Crippen LogP contribution in [0, 0.1) is 17.6 Å². The van der Waals surface area contributed by atoms with Crippen LogP contribution in [0.1, 0.15) is 10.4 Å². The van der Waals surface area contributed by atoms with Gasteiger partial charge in [-0.25, -0.2) is 18.6 Å². The molecule has 1 N–H and O–H groups in total. The van der Waals surface area contributed by atoms with E-state index in [0.29, 0.717) is 0 Å². The van der Waals surface area contributed by atoms with Crippen LogP contribution in [0.2, 0.25) is 0 Å². The Labute approximate surface area is 87.2 Å². The third kappa shape index (κ3) is 1.39. The summed E-state index contributed by atoms with van der Waals surface area (Å²) in [5.41, 5.74) is -1.52. The molecule has 0 amide bonds. The SMILES string of the molecule is O=C(O)c1c(F)nc2cccc(F)c2c1F. The molecule has 0 spiro atoms. The van der Waals surface area contributed by atoms with Crippen molar-refractivity contribution in [3.05, 3.63) is 41.3 Å². The lowest BCUT2D eigenvalue weighted by atomic mass is 10.1. The van der Waals surface area contributed by atoms with Gasteiger partial charge < -0.3 is 5.11 Å². The molecular formula is C10H4F3NO2. The molecule has 0 atom stereocenters. The molecule has 2 rings (SSSR count). The van der Waals surface area contributed by atoms with E-state index in [9.17, 15) is 18.0 Å². The van der Waals surface area contributed by atoms with Gasteiger partial charge in [-0.1, -0.05) is 6.07 Å². The number of aromatic carboxylic acids is 1. The highest BCUT2D eigenvalue weighted by Crippen LogP contribution is 2.23. The molecule has 0 radical (unpaired) electrons. The molecule has 82 valence electrons. The van der Waals surface area contributed by atoms with E-state index in [0.717, 1.165) is 6.07 Å². The predicted octanol–water partition coefficient (Wildman–Crippen LogP) is 2.35. The summed E-state index contributed by atoms with van der Waals surface area (Å²) in [5.74, 6) is -5.73. The Hall–Kier alpha value is -2.11. The largest absolute Gasteiger partial charge is 0.477 e. The molecule has 0 fully saturated rings. The van der Waals surface area contributed by atoms with E-state index in [1.165, 1.54) is 12.1 Å². The number of halogens is 3. The first kappa shape index (κ1) is 10.4. The lowest BCUT2D eigenvalue weighted by Gasteiger charge is -2.04. The first-order chi connectivity index (χ1) is 7.52. The summed E-state index contributed by atoms with van der Waals surface area (Å²) in [6, 6.07) is 3.36. The number of fused-ring (bicyclic) bond motifs is 1. The summed E-state index contributed by atoms with van der Waals surface area (Å²) in [4.78, 5) is 13.7. The monoisotopic (exact) mass is 227 g/mol. The van der Waals surface area contributed by atoms with Crippen LogP contribution >= 0.6 is 0 Å². The van der Waals surface area contributed by atoms with Crippen molar-refractivity contribution in [1.82, 2.24) is 4.98 Å². The minimum Gasteiger partial charge on any atom is -0.477 e. The lowest BCUT2D eigenvalue weighted by Crippen LogP contribution is -2.08.